The van der Waals surface area contributed by atoms with E-state index in [0.29, 0.717) is 30.3 Å². The third kappa shape index (κ3) is 4.59. The lowest BCUT2D eigenvalue weighted by molar-refractivity contribution is -0.255. The fraction of sp³-hybridized carbons (Fsp3) is 0.300. The maximum atomic E-state index is 12.7. The highest BCUT2D eigenvalue weighted by Gasteiger charge is 2.16. The Hall–Kier alpha value is -2.82. The molecular formula is C20H21O5-. The zero-order valence-corrected chi connectivity index (χ0v) is 14.4. The average molecular weight is 341 g/mol. The van der Waals surface area contributed by atoms with Gasteiger partial charge in [-0.25, -0.2) is 0 Å². The molecular weight excluding hydrogens is 320 g/mol. The van der Waals surface area contributed by atoms with Crippen LogP contribution in [0.1, 0.15) is 53.0 Å². The molecule has 2 aromatic rings. The summed E-state index contributed by atoms with van der Waals surface area (Å²) in [5.41, 5.74) is 0.296. The van der Waals surface area contributed by atoms with Crippen LogP contribution in [0, 0.1) is 0 Å². The molecule has 5 nitrogen and oxygen atoms in total. The van der Waals surface area contributed by atoms with Crippen LogP contribution in [0.5, 0.6) is 11.5 Å². The molecule has 0 saturated heterocycles. The van der Waals surface area contributed by atoms with Crippen LogP contribution in [-0.2, 0) is 0 Å². The van der Waals surface area contributed by atoms with Crippen LogP contribution < -0.4 is 14.6 Å². The molecule has 0 unspecified atom stereocenters. The SMILES string of the molecule is CCCOc1ccc(C(=O)c2ccccc2C(=O)[O-])cc1OCCC. The highest BCUT2D eigenvalue weighted by molar-refractivity contribution is 6.14. The van der Waals surface area contributed by atoms with Gasteiger partial charge in [0.15, 0.2) is 17.3 Å². The largest absolute Gasteiger partial charge is 0.545 e. The van der Waals surface area contributed by atoms with E-state index in [0.717, 1.165) is 12.8 Å². The Balaban J connectivity index is 2.38. The summed E-state index contributed by atoms with van der Waals surface area (Å²) < 4.78 is 11.3. The Morgan fingerprint density at radius 3 is 2.08 bits per heavy atom. The standard InChI is InChI=1S/C20H22O5/c1-3-11-24-17-10-9-14(13-18(17)25-12-4-2)19(21)15-7-5-6-8-16(15)20(22)23/h5-10,13H,3-4,11-12H2,1-2H3,(H,22,23)/p-1. The van der Waals surface area contributed by atoms with Gasteiger partial charge in [0.05, 0.1) is 19.2 Å². The van der Waals surface area contributed by atoms with Crippen molar-refractivity contribution in [1.29, 1.82) is 0 Å². The normalized spacial score (nSPS) is 10.3. The van der Waals surface area contributed by atoms with Gasteiger partial charge in [0.25, 0.3) is 0 Å². The number of hydrogen-bond donors (Lipinski definition) is 0. The Kier molecular flexibility index (Phi) is 6.57. The third-order valence-electron chi connectivity index (χ3n) is 3.52. The molecule has 0 bridgehead atoms. The molecule has 0 N–H and O–H groups in total. The van der Waals surface area contributed by atoms with E-state index >= 15 is 0 Å². The van der Waals surface area contributed by atoms with E-state index in [1.54, 1.807) is 30.3 Å². The predicted octanol–water partition coefficient (Wildman–Crippen LogP) is 2.86. The van der Waals surface area contributed by atoms with Crippen molar-refractivity contribution in [1.82, 2.24) is 0 Å². The second-order valence-electron chi connectivity index (χ2n) is 5.52. The minimum Gasteiger partial charge on any atom is -0.545 e. The van der Waals surface area contributed by atoms with Gasteiger partial charge in [0.1, 0.15) is 0 Å². The third-order valence-corrected chi connectivity index (χ3v) is 3.52. The second kappa shape index (κ2) is 8.87. The lowest BCUT2D eigenvalue weighted by Crippen LogP contribution is -2.25. The predicted molar refractivity (Wildman–Crippen MR) is 92.2 cm³/mol. The summed E-state index contributed by atoms with van der Waals surface area (Å²) in [6.45, 7) is 5.03. The summed E-state index contributed by atoms with van der Waals surface area (Å²) >= 11 is 0. The van der Waals surface area contributed by atoms with E-state index in [4.69, 9.17) is 9.47 Å². The minimum absolute atomic E-state index is 0.0890. The van der Waals surface area contributed by atoms with E-state index in [-0.39, 0.29) is 11.1 Å². The first-order chi connectivity index (χ1) is 12.1. The molecule has 0 amide bonds. The molecule has 0 spiro atoms. The molecule has 0 aromatic heterocycles. The summed E-state index contributed by atoms with van der Waals surface area (Å²) in [5, 5.41) is 11.2. The summed E-state index contributed by atoms with van der Waals surface area (Å²) in [6, 6.07) is 10.9. The number of carboxylic acids is 1. The van der Waals surface area contributed by atoms with E-state index in [2.05, 4.69) is 0 Å². The lowest BCUT2D eigenvalue weighted by Gasteiger charge is -2.14. The van der Waals surface area contributed by atoms with Crippen molar-refractivity contribution in [3.63, 3.8) is 0 Å². The summed E-state index contributed by atoms with van der Waals surface area (Å²) in [5.74, 6) is -0.732. The van der Waals surface area contributed by atoms with Gasteiger partial charge in [0, 0.05) is 16.7 Å². The second-order valence-corrected chi connectivity index (χ2v) is 5.52. The number of rotatable bonds is 9. The Morgan fingerprint density at radius 2 is 1.48 bits per heavy atom. The zero-order chi connectivity index (χ0) is 18.2. The van der Waals surface area contributed by atoms with Gasteiger partial charge < -0.3 is 19.4 Å². The average Bonchev–Trinajstić information content (AvgIpc) is 2.64. The van der Waals surface area contributed by atoms with Gasteiger partial charge in [0.2, 0.25) is 0 Å². The van der Waals surface area contributed by atoms with Gasteiger partial charge in [-0.05, 0) is 31.0 Å². The van der Waals surface area contributed by atoms with E-state index in [1.807, 2.05) is 13.8 Å². The van der Waals surface area contributed by atoms with Gasteiger partial charge in [-0.1, -0.05) is 38.1 Å². The summed E-state index contributed by atoms with van der Waals surface area (Å²) in [4.78, 5) is 24.0. The molecule has 0 heterocycles. The molecule has 2 rings (SSSR count). The number of carbonyl (C=O) groups is 2. The smallest absolute Gasteiger partial charge is 0.193 e. The Labute approximate surface area is 147 Å². The summed E-state index contributed by atoms with van der Waals surface area (Å²) in [6.07, 6.45) is 1.67. The van der Waals surface area contributed by atoms with Gasteiger partial charge in [-0.15, -0.1) is 0 Å². The number of hydrogen-bond acceptors (Lipinski definition) is 5. The quantitative estimate of drug-likeness (QED) is 0.656. The number of benzene rings is 2. The van der Waals surface area contributed by atoms with Gasteiger partial charge >= 0.3 is 0 Å². The first kappa shape index (κ1) is 18.5. The number of ketones is 1. The topological polar surface area (TPSA) is 75.7 Å². The van der Waals surface area contributed by atoms with Crippen LogP contribution >= 0.6 is 0 Å². The van der Waals surface area contributed by atoms with Crippen LogP contribution in [0.2, 0.25) is 0 Å². The minimum atomic E-state index is -1.38. The fourth-order valence-corrected chi connectivity index (χ4v) is 2.32. The summed E-state index contributed by atoms with van der Waals surface area (Å²) in [7, 11) is 0. The number of carboxylic acid groups (broad SMARTS) is 1. The van der Waals surface area contributed by atoms with Gasteiger partial charge in [-0.2, -0.15) is 0 Å². The van der Waals surface area contributed by atoms with Crippen molar-refractivity contribution in [2.75, 3.05) is 13.2 Å². The van der Waals surface area contributed by atoms with Crippen molar-refractivity contribution < 1.29 is 24.2 Å². The van der Waals surface area contributed by atoms with Crippen molar-refractivity contribution in [2.24, 2.45) is 0 Å². The van der Waals surface area contributed by atoms with E-state index in [9.17, 15) is 14.7 Å². The van der Waals surface area contributed by atoms with E-state index in [1.165, 1.54) is 12.1 Å². The molecule has 5 heteroatoms. The molecule has 0 fully saturated rings. The zero-order valence-electron chi connectivity index (χ0n) is 14.4. The monoisotopic (exact) mass is 341 g/mol. The van der Waals surface area contributed by atoms with Crippen molar-refractivity contribution in [3.8, 4) is 11.5 Å². The molecule has 0 saturated carbocycles. The molecule has 132 valence electrons. The molecule has 0 radical (unpaired) electrons. The van der Waals surface area contributed by atoms with E-state index < -0.39 is 11.8 Å². The number of ether oxygens (including phenoxy) is 2. The lowest BCUT2D eigenvalue weighted by atomic mass is 9.98. The van der Waals surface area contributed by atoms with Crippen LogP contribution in [0.3, 0.4) is 0 Å². The maximum Gasteiger partial charge on any atom is 0.193 e. The maximum absolute atomic E-state index is 12.7. The highest BCUT2D eigenvalue weighted by Crippen LogP contribution is 2.30. The molecule has 0 atom stereocenters. The van der Waals surface area contributed by atoms with Crippen LogP contribution in [-0.4, -0.2) is 25.0 Å². The van der Waals surface area contributed by atoms with Crippen LogP contribution in [0.25, 0.3) is 0 Å². The number of carbonyl (C=O) groups excluding carboxylic acids is 2. The molecule has 0 aliphatic carbocycles. The molecule has 25 heavy (non-hydrogen) atoms. The Morgan fingerprint density at radius 1 is 0.880 bits per heavy atom. The molecule has 0 aliphatic rings. The fourth-order valence-electron chi connectivity index (χ4n) is 2.32. The first-order valence-electron chi connectivity index (χ1n) is 8.33. The number of aromatic carboxylic acids is 1. The first-order valence-corrected chi connectivity index (χ1v) is 8.33. The molecule has 2 aromatic carbocycles. The van der Waals surface area contributed by atoms with Crippen LogP contribution in [0.4, 0.5) is 0 Å². The Bertz CT molecular complexity index is 752. The van der Waals surface area contributed by atoms with Gasteiger partial charge in [-0.3, -0.25) is 4.79 Å². The van der Waals surface area contributed by atoms with Crippen LogP contribution in [0.15, 0.2) is 42.5 Å². The van der Waals surface area contributed by atoms with Crippen molar-refractivity contribution >= 4 is 11.8 Å². The molecule has 0 aliphatic heterocycles. The van der Waals surface area contributed by atoms with Crippen molar-refractivity contribution in [3.05, 3.63) is 59.2 Å². The van der Waals surface area contributed by atoms with Crippen molar-refractivity contribution in [2.45, 2.75) is 26.7 Å². The highest BCUT2D eigenvalue weighted by atomic mass is 16.5.